The molecule has 1 heterocycles. The van der Waals surface area contributed by atoms with Crippen LogP contribution in [0.25, 0.3) is 0 Å². The van der Waals surface area contributed by atoms with Crippen LogP contribution in [0.3, 0.4) is 0 Å². The van der Waals surface area contributed by atoms with Crippen LogP contribution >= 0.6 is 0 Å². The third kappa shape index (κ3) is 8.49. The molecule has 5 nitrogen and oxygen atoms in total. The van der Waals surface area contributed by atoms with Crippen molar-refractivity contribution in [3.8, 4) is 11.8 Å². The summed E-state index contributed by atoms with van der Waals surface area (Å²) in [5, 5.41) is 9.55. The van der Waals surface area contributed by atoms with Crippen molar-refractivity contribution in [3.63, 3.8) is 0 Å². The summed E-state index contributed by atoms with van der Waals surface area (Å²) in [5.74, 6) is 0.394. The molecule has 0 radical (unpaired) electrons. The van der Waals surface area contributed by atoms with Gasteiger partial charge in [-0.2, -0.15) is 5.26 Å². The maximum atomic E-state index is 12.7. The molecule has 0 N–H and O–H groups in total. The first-order valence-corrected chi connectivity index (χ1v) is 13.2. The molecule has 188 valence electrons. The van der Waals surface area contributed by atoms with Crippen LogP contribution in [0.5, 0.6) is 5.75 Å². The van der Waals surface area contributed by atoms with Gasteiger partial charge in [-0.3, -0.25) is 0 Å². The van der Waals surface area contributed by atoms with E-state index in [4.69, 9.17) is 14.2 Å². The lowest BCUT2D eigenvalue weighted by molar-refractivity contribution is -0.206. The quantitative estimate of drug-likeness (QED) is 0.169. The number of esters is 1. The molecule has 1 aliphatic heterocycles. The minimum atomic E-state index is -0.450. The highest BCUT2D eigenvalue weighted by atomic mass is 16.7. The van der Waals surface area contributed by atoms with E-state index in [1.165, 1.54) is 44.9 Å². The Bertz CT molecular complexity index is 955. The van der Waals surface area contributed by atoms with Crippen LogP contribution in [-0.2, 0) is 15.9 Å². The molecule has 1 aliphatic rings. The molecule has 5 heteroatoms. The van der Waals surface area contributed by atoms with Crippen LogP contribution in [0.2, 0.25) is 0 Å². The molecular formula is C30H39NO4. The van der Waals surface area contributed by atoms with E-state index in [1.54, 1.807) is 24.3 Å². The predicted molar refractivity (Wildman–Crippen MR) is 137 cm³/mol. The monoisotopic (exact) mass is 477 g/mol. The normalized spacial score (nSPS) is 17.6. The van der Waals surface area contributed by atoms with E-state index >= 15 is 0 Å². The summed E-state index contributed by atoms with van der Waals surface area (Å²) in [7, 11) is 0. The van der Waals surface area contributed by atoms with Gasteiger partial charge < -0.3 is 14.2 Å². The van der Waals surface area contributed by atoms with E-state index < -0.39 is 12.3 Å². The van der Waals surface area contributed by atoms with E-state index in [9.17, 15) is 10.1 Å². The van der Waals surface area contributed by atoms with Crippen molar-refractivity contribution in [1.82, 2.24) is 0 Å². The van der Waals surface area contributed by atoms with Crippen molar-refractivity contribution in [3.05, 3.63) is 64.7 Å². The Morgan fingerprint density at radius 1 is 0.943 bits per heavy atom. The third-order valence-corrected chi connectivity index (χ3v) is 6.56. The number of nitriles is 1. The fraction of sp³-hybridized carbons (Fsp3) is 0.533. The van der Waals surface area contributed by atoms with E-state index in [0.717, 1.165) is 30.4 Å². The lowest BCUT2D eigenvalue weighted by Crippen LogP contribution is -2.27. The van der Waals surface area contributed by atoms with Gasteiger partial charge in [0, 0.05) is 11.5 Å². The number of unbranched alkanes of at least 4 members (excludes halogenated alkanes) is 6. The zero-order valence-corrected chi connectivity index (χ0v) is 21.3. The standard InChI is InChI=1S/C30H39NO4/c1-3-5-7-8-10-12-24-17-18-28(19-27(24)20-31)35-29(32)25-13-15-26(16-14-25)30-33-21-23(22-34-30)11-9-6-4-2/h13-19,23,30H,3-12,21-22H2,1-2H3. The number of hydrogen-bond donors (Lipinski definition) is 0. The fourth-order valence-corrected chi connectivity index (χ4v) is 4.39. The van der Waals surface area contributed by atoms with Crippen molar-refractivity contribution in [2.45, 2.75) is 84.3 Å². The zero-order valence-electron chi connectivity index (χ0n) is 21.3. The molecular weight excluding hydrogens is 438 g/mol. The first-order valence-electron chi connectivity index (χ1n) is 13.2. The van der Waals surface area contributed by atoms with Gasteiger partial charge in [0.2, 0.25) is 0 Å². The number of aryl methyl sites for hydroxylation is 1. The van der Waals surface area contributed by atoms with Gasteiger partial charge in [0.15, 0.2) is 6.29 Å². The number of rotatable bonds is 13. The summed E-state index contributed by atoms with van der Waals surface area (Å²) in [4.78, 5) is 12.7. The lowest BCUT2D eigenvalue weighted by atomic mass is 10.0. The summed E-state index contributed by atoms with van der Waals surface area (Å²) in [6.45, 7) is 5.81. The predicted octanol–water partition coefficient (Wildman–Crippen LogP) is 7.53. The van der Waals surface area contributed by atoms with Crippen LogP contribution in [0.4, 0.5) is 0 Å². The first kappa shape index (κ1) is 26.9. The molecule has 2 aromatic rings. The van der Waals surface area contributed by atoms with Crippen molar-refractivity contribution in [1.29, 1.82) is 5.26 Å². The molecule has 0 atom stereocenters. The van der Waals surface area contributed by atoms with Gasteiger partial charge >= 0.3 is 5.97 Å². The minimum absolute atomic E-state index is 0.387. The molecule has 1 saturated heterocycles. The van der Waals surface area contributed by atoms with E-state index in [1.807, 2.05) is 18.2 Å². The second-order valence-electron chi connectivity index (χ2n) is 9.47. The number of benzene rings is 2. The highest BCUT2D eigenvalue weighted by Gasteiger charge is 2.23. The average molecular weight is 478 g/mol. The van der Waals surface area contributed by atoms with Gasteiger partial charge in [0.25, 0.3) is 0 Å². The summed E-state index contributed by atoms with van der Waals surface area (Å²) < 4.78 is 17.4. The Morgan fingerprint density at radius 3 is 2.31 bits per heavy atom. The Kier molecular flexibility index (Phi) is 11.3. The van der Waals surface area contributed by atoms with Crippen molar-refractivity contribution in [2.24, 2.45) is 5.92 Å². The second-order valence-corrected chi connectivity index (χ2v) is 9.47. The molecule has 0 aliphatic carbocycles. The van der Waals surface area contributed by atoms with Gasteiger partial charge in [0.05, 0.1) is 30.4 Å². The third-order valence-electron chi connectivity index (χ3n) is 6.56. The van der Waals surface area contributed by atoms with E-state index in [0.29, 0.717) is 36.0 Å². The summed E-state index contributed by atoms with van der Waals surface area (Å²) in [6.07, 6.45) is 11.2. The van der Waals surface area contributed by atoms with Crippen LogP contribution in [0, 0.1) is 17.2 Å². The molecule has 1 fully saturated rings. The van der Waals surface area contributed by atoms with Gasteiger partial charge in [0.1, 0.15) is 5.75 Å². The minimum Gasteiger partial charge on any atom is -0.423 e. The average Bonchev–Trinajstić information content (AvgIpc) is 2.90. The zero-order chi connectivity index (χ0) is 24.9. The van der Waals surface area contributed by atoms with Crippen molar-refractivity contribution < 1.29 is 19.0 Å². The van der Waals surface area contributed by atoms with Crippen LogP contribution in [0.1, 0.15) is 105 Å². The number of carbonyl (C=O) groups excluding carboxylic acids is 1. The summed E-state index contributed by atoms with van der Waals surface area (Å²) in [6, 6.07) is 14.7. The van der Waals surface area contributed by atoms with Gasteiger partial charge in [-0.1, -0.05) is 77.0 Å². The van der Waals surface area contributed by atoms with Crippen LogP contribution in [-0.4, -0.2) is 19.2 Å². The van der Waals surface area contributed by atoms with Crippen LogP contribution < -0.4 is 4.74 Å². The Morgan fingerprint density at radius 2 is 1.63 bits per heavy atom. The Labute approximate surface area is 210 Å². The molecule has 3 rings (SSSR count). The SMILES string of the molecule is CCCCCCCc1ccc(OC(=O)c2ccc(C3OCC(CCCCC)CO3)cc2)cc1C#N. The van der Waals surface area contributed by atoms with Gasteiger partial charge in [-0.05, 0) is 49.1 Å². The highest BCUT2D eigenvalue weighted by molar-refractivity contribution is 5.91. The Balaban J connectivity index is 1.51. The number of hydrogen-bond acceptors (Lipinski definition) is 5. The molecule has 0 bridgehead atoms. The van der Waals surface area contributed by atoms with E-state index in [2.05, 4.69) is 19.9 Å². The molecule has 35 heavy (non-hydrogen) atoms. The summed E-state index contributed by atoms with van der Waals surface area (Å²) >= 11 is 0. The molecule has 0 saturated carbocycles. The second kappa shape index (κ2) is 14.7. The fourth-order valence-electron chi connectivity index (χ4n) is 4.39. The number of nitrogens with zero attached hydrogens (tertiary/aromatic N) is 1. The Hall–Kier alpha value is -2.68. The van der Waals surface area contributed by atoms with Gasteiger partial charge in [-0.15, -0.1) is 0 Å². The number of carbonyl (C=O) groups is 1. The maximum Gasteiger partial charge on any atom is 0.343 e. The summed E-state index contributed by atoms with van der Waals surface area (Å²) in [5.41, 5.74) is 2.91. The molecule has 0 amide bonds. The number of ether oxygens (including phenoxy) is 3. The van der Waals surface area contributed by atoms with Crippen molar-refractivity contribution in [2.75, 3.05) is 13.2 Å². The largest absolute Gasteiger partial charge is 0.423 e. The first-order chi connectivity index (χ1) is 17.1. The smallest absolute Gasteiger partial charge is 0.343 e. The maximum absolute atomic E-state index is 12.7. The molecule has 2 aromatic carbocycles. The van der Waals surface area contributed by atoms with Crippen LogP contribution in [0.15, 0.2) is 42.5 Å². The highest BCUT2D eigenvalue weighted by Crippen LogP contribution is 2.28. The van der Waals surface area contributed by atoms with Gasteiger partial charge in [-0.25, -0.2) is 4.79 Å². The topological polar surface area (TPSA) is 68.6 Å². The molecule has 0 unspecified atom stereocenters. The van der Waals surface area contributed by atoms with E-state index in [-0.39, 0.29) is 0 Å². The molecule has 0 aromatic heterocycles. The van der Waals surface area contributed by atoms with Crippen molar-refractivity contribution >= 4 is 5.97 Å². The molecule has 0 spiro atoms. The lowest BCUT2D eigenvalue weighted by Gasteiger charge is -2.29.